The summed E-state index contributed by atoms with van der Waals surface area (Å²) in [4.78, 5) is 27.6. The average molecular weight is 408 g/mol. The molecule has 0 saturated heterocycles. The number of aliphatic hydroxyl groups is 1. The van der Waals surface area contributed by atoms with Gasteiger partial charge in [0.2, 0.25) is 11.7 Å². The third-order valence-corrected chi connectivity index (χ3v) is 4.85. The molecule has 1 unspecified atom stereocenters. The van der Waals surface area contributed by atoms with Crippen LogP contribution in [0.1, 0.15) is 35.4 Å². The second-order valence-electron chi connectivity index (χ2n) is 7.19. The van der Waals surface area contributed by atoms with Gasteiger partial charge in [0, 0.05) is 6.04 Å². The molecule has 0 fully saturated rings. The van der Waals surface area contributed by atoms with Gasteiger partial charge in [-0.05, 0) is 29.5 Å². The molecule has 0 radical (unpaired) electrons. The van der Waals surface area contributed by atoms with Crippen LogP contribution in [-0.2, 0) is 17.8 Å². The minimum Gasteiger partial charge on any atom is -0.481 e. The van der Waals surface area contributed by atoms with E-state index in [4.69, 9.17) is 9.52 Å². The SMILES string of the molecule is C[C@H](CC(Cc1ccc(-c2ccccc2)cc1)NC(=O)c1cnc(CO)o1)C(=O)O. The van der Waals surface area contributed by atoms with Gasteiger partial charge in [0.15, 0.2) is 0 Å². The van der Waals surface area contributed by atoms with E-state index in [2.05, 4.69) is 10.3 Å². The van der Waals surface area contributed by atoms with Gasteiger partial charge in [0.1, 0.15) is 6.61 Å². The van der Waals surface area contributed by atoms with E-state index < -0.39 is 30.4 Å². The van der Waals surface area contributed by atoms with Crippen molar-refractivity contribution in [3.8, 4) is 11.1 Å². The van der Waals surface area contributed by atoms with E-state index in [-0.39, 0.29) is 18.1 Å². The lowest BCUT2D eigenvalue weighted by molar-refractivity contribution is -0.141. The van der Waals surface area contributed by atoms with Crippen LogP contribution < -0.4 is 5.32 Å². The molecule has 0 spiro atoms. The van der Waals surface area contributed by atoms with E-state index >= 15 is 0 Å². The molecule has 2 aromatic carbocycles. The average Bonchev–Trinajstić information content (AvgIpc) is 3.24. The molecular formula is C23H24N2O5. The molecule has 3 N–H and O–H groups in total. The maximum atomic E-state index is 12.5. The smallest absolute Gasteiger partial charge is 0.306 e. The number of rotatable bonds is 9. The van der Waals surface area contributed by atoms with Crippen molar-refractivity contribution in [2.24, 2.45) is 5.92 Å². The van der Waals surface area contributed by atoms with Gasteiger partial charge in [-0.3, -0.25) is 9.59 Å². The fourth-order valence-corrected chi connectivity index (χ4v) is 3.21. The number of aliphatic carboxylic acids is 1. The first-order valence-corrected chi connectivity index (χ1v) is 9.70. The Morgan fingerprint density at radius 1 is 1.07 bits per heavy atom. The molecule has 0 aliphatic carbocycles. The van der Waals surface area contributed by atoms with Crippen LogP contribution in [0, 0.1) is 5.92 Å². The van der Waals surface area contributed by atoms with Crippen LogP contribution in [0.2, 0.25) is 0 Å². The number of oxazole rings is 1. The van der Waals surface area contributed by atoms with E-state index in [9.17, 15) is 14.7 Å². The second-order valence-corrected chi connectivity index (χ2v) is 7.19. The normalized spacial score (nSPS) is 12.9. The maximum absolute atomic E-state index is 12.5. The van der Waals surface area contributed by atoms with Gasteiger partial charge in [-0.1, -0.05) is 61.5 Å². The van der Waals surface area contributed by atoms with Crippen molar-refractivity contribution in [1.82, 2.24) is 10.3 Å². The standard InChI is InChI=1S/C23H24N2O5/c1-15(23(28)29)11-19(25-22(27)20-13-24-21(14-26)30-20)12-16-7-9-18(10-8-16)17-5-3-2-4-6-17/h2-10,13,15,19,26H,11-12,14H2,1H3,(H,25,27)(H,28,29)/t15-,19?/m1/s1. The predicted molar refractivity (Wildman–Crippen MR) is 111 cm³/mol. The number of carbonyl (C=O) groups is 2. The van der Waals surface area contributed by atoms with E-state index in [0.717, 1.165) is 16.7 Å². The van der Waals surface area contributed by atoms with Gasteiger partial charge in [-0.15, -0.1) is 0 Å². The van der Waals surface area contributed by atoms with E-state index in [1.54, 1.807) is 6.92 Å². The molecule has 7 nitrogen and oxygen atoms in total. The van der Waals surface area contributed by atoms with Crippen LogP contribution in [0.3, 0.4) is 0 Å². The highest BCUT2D eigenvalue weighted by atomic mass is 16.4. The highest BCUT2D eigenvalue weighted by molar-refractivity contribution is 5.91. The van der Waals surface area contributed by atoms with Gasteiger partial charge in [0.25, 0.3) is 5.91 Å². The summed E-state index contributed by atoms with van der Waals surface area (Å²) in [6.07, 6.45) is 1.98. The lowest BCUT2D eigenvalue weighted by atomic mass is 9.95. The minimum atomic E-state index is -0.920. The van der Waals surface area contributed by atoms with Crippen LogP contribution >= 0.6 is 0 Å². The van der Waals surface area contributed by atoms with Crippen molar-refractivity contribution < 1.29 is 24.2 Å². The number of carboxylic acids is 1. The number of carbonyl (C=O) groups excluding carboxylic acids is 1. The van der Waals surface area contributed by atoms with Crippen molar-refractivity contribution >= 4 is 11.9 Å². The summed E-state index contributed by atoms with van der Waals surface area (Å²) in [6.45, 7) is 1.21. The van der Waals surface area contributed by atoms with Gasteiger partial charge < -0.3 is 19.9 Å². The summed E-state index contributed by atoms with van der Waals surface area (Å²) >= 11 is 0. The summed E-state index contributed by atoms with van der Waals surface area (Å²) < 4.78 is 5.17. The van der Waals surface area contributed by atoms with Gasteiger partial charge in [0.05, 0.1) is 12.1 Å². The van der Waals surface area contributed by atoms with E-state index in [0.29, 0.717) is 6.42 Å². The van der Waals surface area contributed by atoms with Gasteiger partial charge in [-0.25, -0.2) is 4.98 Å². The Hall–Kier alpha value is -3.45. The monoisotopic (exact) mass is 408 g/mol. The molecule has 3 aromatic rings. The summed E-state index contributed by atoms with van der Waals surface area (Å²) in [5.74, 6) is -2.01. The summed E-state index contributed by atoms with van der Waals surface area (Å²) in [6, 6.07) is 17.6. The zero-order valence-electron chi connectivity index (χ0n) is 16.6. The number of nitrogens with one attached hydrogen (secondary N) is 1. The quantitative estimate of drug-likeness (QED) is 0.501. The highest BCUT2D eigenvalue weighted by Gasteiger charge is 2.22. The van der Waals surface area contributed by atoms with Crippen LogP contribution in [0.15, 0.2) is 65.2 Å². The Labute approximate surface area is 174 Å². The number of carboxylic acid groups (broad SMARTS) is 1. The number of amides is 1. The van der Waals surface area contributed by atoms with Gasteiger partial charge in [-0.2, -0.15) is 0 Å². The first kappa shape index (κ1) is 21.3. The third-order valence-electron chi connectivity index (χ3n) is 4.85. The molecule has 1 aromatic heterocycles. The van der Waals surface area contributed by atoms with Crippen molar-refractivity contribution in [3.05, 3.63) is 78.0 Å². The predicted octanol–water partition coefficient (Wildman–Crippen LogP) is 3.29. The third kappa shape index (κ3) is 5.55. The number of aliphatic hydroxyl groups excluding tert-OH is 1. The lowest BCUT2D eigenvalue weighted by Gasteiger charge is -2.20. The maximum Gasteiger partial charge on any atom is 0.306 e. The van der Waals surface area contributed by atoms with Crippen LogP contribution in [-0.4, -0.2) is 33.1 Å². The molecule has 0 bridgehead atoms. The molecule has 7 heteroatoms. The number of benzene rings is 2. The molecule has 1 heterocycles. The number of hydrogen-bond acceptors (Lipinski definition) is 5. The molecule has 0 aliphatic rings. The second kappa shape index (κ2) is 9.84. The molecule has 1 amide bonds. The van der Waals surface area contributed by atoms with Crippen molar-refractivity contribution in [1.29, 1.82) is 0 Å². The molecule has 2 atom stereocenters. The topological polar surface area (TPSA) is 113 Å². The fourth-order valence-electron chi connectivity index (χ4n) is 3.21. The van der Waals surface area contributed by atoms with E-state index in [1.807, 2.05) is 54.6 Å². The summed E-state index contributed by atoms with van der Waals surface area (Å²) in [7, 11) is 0. The number of hydrogen-bond donors (Lipinski definition) is 3. The molecule has 0 saturated carbocycles. The first-order chi connectivity index (χ1) is 14.5. The Bertz CT molecular complexity index is 982. The summed E-state index contributed by atoms with van der Waals surface area (Å²) in [5.41, 5.74) is 3.17. The summed E-state index contributed by atoms with van der Waals surface area (Å²) in [5, 5.41) is 21.2. The zero-order valence-corrected chi connectivity index (χ0v) is 16.6. The van der Waals surface area contributed by atoms with Crippen molar-refractivity contribution in [3.63, 3.8) is 0 Å². The Kier molecular flexibility index (Phi) is 6.98. The lowest BCUT2D eigenvalue weighted by Crippen LogP contribution is -2.38. The van der Waals surface area contributed by atoms with Crippen LogP contribution in [0.5, 0.6) is 0 Å². The Morgan fingerprint density at radius 3 is 2.33 bits per heavy atom. The van der Waals surface area contributed by atoms with Gasteiger partial charge >= 0.3 is 5.97 Å². The molecule has 3 rings (SSSR count). The van der Waals surface area contributed by atoms with Crippen molar-refractivity contribution in [2.75, 3.05) is 0 Å². The largest absolute Gasteiger partial charge is 0.481 e. The first-order valence-electron chi connectivity index (χ1n) is 9.70. The van der Waals surface area contributed by atoms with Crippen LogP contribution in [0.4, 0.5) is 0 Å². The van der Waals surface area contributed by atoms with E-state index in [1.165, 1.54) is 6.20 Å². The zero-order chi connectivity index (χ0) is 21.5. The molecule has 156 valence electrons. The number of aromatic nitrogens is 1. The molecule has 30 heavy (non-hydrogen) atoms. The fraction of sp³-hybridized carbons (Fsp3) is 0.261. The Morgan fingerprint density at radius 2 is 1.73 bits per heavy atom. The molecule has 0 aliphatic heterocycles. The van der Waals surface area contributed by atoms with Crippen molar-refractivity contribution in [2.45, 2.75) is 32.4 Å². The molecular weight excluding hydrogens is 384 g/mol. The highest BCUT2D eigenvalue weighted by Crippen LogP contribution is 2.21. The van der Waals surface area contributed by atoms with Crippen LogP contribution in [0.25, 0.3) is 11.1 Å². The number of nitrogens with zero attached hydrogens (tertiary/aromatic N) is 1. The Balaban J connectivity index is 1.73. The minimum absolute atomic E-state index is 0.0218.